The lowest BCUT2D eigenvalue weighted by Gasteiger charge is -2.08. The van der Waals surface area contributed by atoms with Crippen LogP contribution in [0.4, 0.5) is 13.6 Å². The first-order valence-electron chi connectivity index (χ1n) is 4.34. The highest BCUT2D eigenvalue weighted by molar-refractivity contribution is 5.73. The van der Waals surface area contributed by atoms with Crippen molar-refractivity contribution >= 4 is 6.03 Å². The van der Waals surface area contributed by atoms with Crippen molar-refractivity contribution in [2.45, 2.75) is 6.54 Å². The standard InChI is InChI=1S/C9H11F2N3O2/c1-16-8-3-6(10)5(2-7(8)11)4-13-9(15)14-12/h2-3H,4,12H2,1H3,(H2,13,14,15). The Balaban J connectivity index is 2.81. The number of hydrazine groups is 1. The average Bonchev–Trinajstić information content (AvgIpc) is 2.29. The van der Waals surface area contributed by atoms with Gasteiger partial charge in [0.25, 0.3) is 0 Å². The Morgan fingerprint density at radius 1 is 1.44 bits per heavy atom. The maximum absolute atomic E-state index is 13.3. The van der Waals surface area contributed by atoms with Crippen molar-refractivity contribution in [1.29, 1.82) is 0 Å². The summed E-state index contributed by atoms with van der Waals surface area (Å²) in [5, 5.41) is 2.23. The fourth-order valence-corrected chi connectivity index (χ4v) is 1.09. The zero-order chi connectivity index (χ0) is 12.1. The zero-order valence-corrected chi connectivity index (χ0v) is 8.51. The Kier molecular flexibility index (Phi) is 4.01. The predicted octanol–water partition coefficient (Wildman–Crippen LogP) is 0.646. The van der Waals surface area contributed by atoms with Crippen molar-refractivity contribution in [3.8, 4) is 5.75 Å². The van der Waals surface area contributed by atoms with Crippen LogP contribution in [0.15, 0.2) is 12.1 Å². The SMILES string of the molecule is COc1cc(F)c(CNC(=O)NN)cc1F. The van der Waals surface area contributed by atoms with Gasteiger partial charge in [0.15, 0.2) is 11.6 Å². The zero-order valence-electron chi connectivity index (χ0n) is 8.51. The van der Waals surface area contributed by atoms with Crippen LogP contribution in [0.5, 0.6) is 5.75 Å². The summed E-state index contributed by atoms with van der Waals surface area (Å²) in [4.78, 5) is 10.7. The molecule has 0 radical (unpaired) electrons. The maximum atomic E-state index is 13.3. The van der Waals surface area contributed by atoms with Gasteiger partial charge in [-0.2, -0.15) is 0 Å². The molecule has 0 aromatic heterocycles. The number of urea groups is 1. The van der Waals surface area contributed by atoms with Crippen LogP contribution in [0.2, 0.25) is 0 Å². The molecular formula is C9H11F2N3O2. The van der Waals surface area contributed by atoms with E-state index in [1.807, 2.05) is 0 Å². The highest BCUT2D eigenvalue weighted by Gasteiger charge is 2.10. The molecule has 0 aliphatic heterocycles. The molecule has 0 saturated carbocycles. The fraction of sp³-hybridized carbons (Fsp3) is 0.222. The molecule has 0 saturated heterocycles. The normalized spacial score (nSPS) is 9.75. The van der Waals surface area contributed by atoms with Crippen molar-refractivity contribution in [3.05, 3.63) is 29.3 Å². The number of carbonyl (C=O) groups is 1. The van der Waals surface area contributed by atoms with Gasteiger partial charge in [0, 0.05) is 18.2 Å². The Morgan fingerprint density at radius 3 is 2.69 bits per heavy atom. The van der Waals surface area contributed by atoms with E-state index in [1.165, 1.54) is 7.11 Å². The molecule has 0 bridgehead atoms. The summed E-state index contributed by atoms with van der Waals surface area (Å²) in [6, 6.07) is 1.17. The third-order valence-electron chi connectivity index (χ3n) is 1.89. The number of benzene rings is 1. The van der Waals surface area contributed by atoms with E-state index in [-0.39, 0.29) is 17.9 Å². The second-order valence-electron chi connectivity index (χ2n) is 2.91. The molecule has 0 aliphatic carbocycles. The van der Waals surface area contributed by atoms with E-state index < -0.39 is 17.7 Å². The monoisotopic (exact) mass is 231 g/mol. The molecule has 0 spiro atoms. The summed E-state index contributed by atoms with van der Waals surface area (Å²) < 4.78 is 31.1. The lowest BCUT2D eigenvalue weighted by molar-refractivity contribution is 0.240. The van der Waals surface area contributed by atoms with Gasteiger partial charge >= 0.3 is 6.03 Å². The molecule has 0 unspecified atom stereocenters. The first kappa shape index (κ1) is 12.2. The molecular weight excluding hydrogens is 220 g/mol. The Hall–Kier alpha value is -1.89. The van der Waals surface area contributed by atoms with Crippen LogP contribution in [-0.2, 0) is 6.54 Å². The quantitative estimate of drug-likeness (QED) is 0.406. The molecule has 4 N–H and O–H groups in total. The minimum absolute atomic E-state index is 0.00176. The first-order chi connectivity index (χ1) is 7.58. The van der Waals surface area contributed by atoms with Gasteiger partial charge in [-0.3, -0.25) is 5.43 Å². The summed E-state index contributed by atoms with van der Waals surface area (Å²) in [6.45, 7) is -0.171. The van der Waals surface area contributed by atoms with E-state index in [4.69, 9.17) is 5.84 Å². The van der Waals surface area contributed by atoms with Gasteiger partial charge in [-0.25, -0.2) is 19.4 Å². The van der Waals surface area contributed by atoms with Crippen molar-refractivity contribution in [2.75, 3.05) is 7.11 Å². The Bertz CT molecular complexity index is 399. The molecule has 2 amide bonds. The number of carbonyl (C=O) groups excluding carboxylic acids is 1. The van der Waals surface area contributed by atoms with Gasteiger partial charge in [0.1, 0.15) is 5.82 Å². The molecule has 7 heteroatoms. The molecule has 0 fully saturated rings. The molecule has 0 heterocycles. The first-order valence-corrected chi connectivity index (χ1v) is 4.34. The van der Waals surface area contributed by atoms with E-state index in [2.05, 4.69) is 10.1 Å². The Labute approximate surface area is 90.5 Å². The topological polar surface area (TPSA) is 76.4 Å². The lowest BCUT2D eigenvalue weighted by atomic mass is 10.2. The van der Waals surface area contributed by atoms with E-state index in [0.717, 1.165) is 12.1 Å². The van der Waals surface area contributed by atoms with Gasteiger partial charge in [0.2, 0.25) is 0 Å². The number of nitrogens with one attached hydrogen (secondary N) is 2. The maximum Gasteiger partial charge on any atom is 0.329 e. The van der Waals surface area contributed by atoms with Crippen LogP contribution in [0, 0.1) is 11.6 Å². The van der Waals surface area contributed by atoms with Crippen LogP contribution in [0.3, 0.4) is 0 Å². The number of ether oxygens (including phenoxy) is 1. The summed E-state index contributed by atoms with van der Waals surface area (Å²) in [5.74, 6) is 3.24. The second kappa shape index (κ2) is 5.26. The van der Waals surface area contributed by atoms with Gasteiger partial charge < -0.3 is 10.1 Å². The number of halogens is 2. The molecule has 16 heavy (non-hydrogen) atoms. The van der Waals surface area contributed by atoms with Gasteiger partial charge in [-0.05, 0) is 6.07 Å². The number of hydrogen-bond donors (Lipinski definition) is 3. The largest absolute Gasteiger partial charge is 0.494 e. The molecule has 1 aromatic rings. The predicted molar refractivity (Wildman–Crippen MR) is 52.5 cm³/mol. The third-order valence-corrected chi connectivity index (χ3v) is 1.89. The van der Waals surface area contributed by atoms with Crippen LogP contribution in [-0.4, -0.2) is 13.1 Å². The van der Waals surface area contributed by atoms with Gasteiger partial charge in [0.05, 0.1) is 7.11 Å². The molecule has 1 rings (SSSR count). The smallest absolute Gasteiger partial charge is 0.329 e. The molecule has 1 aromatic carbocycles. The van der Waals surface area contributed by atoms with Crippen molar-refractivity contribution in [2.24, 2.45) is 5.84 Å². The molecule has 0 aliphatic rings. The van der Waals surface area contributed by atoms with E-state index in [0.29, 0.717) is 0 Å². The van der Waals surface area contributed by atoms with Crippen molar-refractivity contribution in [1.82, 2.24) is 10.7 Å². The number of nitrogens with two attached hydrogens (primary N) is 1. The molecule has 0 atom stereocenters. The van der Waals surface area contributed by atoms with E-state index in [1.54, 1.807) is 5.43 Å². The minimum Gasteiger partial charge on any atom is -0.494 e. The summed E-state index contributed by atoms with van der Waals surface area (Å²) in [5.41, 5.74) is 1.80. The van der Waals surface area contributed by atoms with E-state index >= 15 is 0 Å². The summed E-state index contributed by atoms with van der Waals surface area (Å²) in [6.07, 6.45) is 0. The van der Waals surface area contributed by atoms with E-state index in [9.17, 15) is 13.6 Å². The van der Waals surface area contributed by atoms with Gasteiger partial charge in [-0.15, -0.1) is 0 Å². The summed E-state index contributed by atoms with van der Waals surface area (Å²) in [7, 11) is 1.23. The van der Waals surface area contributed by atoms with Crippen LogP contribution < -0.4 is 21.3 Å². The summed E-state index contributed by atoms with van der Waals surface area (Å²) >= 11 is 0. The number of amides is 2. The van der Waals surface area contributed by atoms with Crippen LogP contribution in [0.1, 0.15) is 5.56 Å². The highest BCUT2D eigenvalue weighted by atomic mass is 19.1. The van der Waals surface area contributed by atoms with Crippen LogP contribution >= 0.6 is 0 Å². The highest BCUT2D eigenvalue weighted by Crippen LogP contribution is 2.20. The molecule has 88 valence electrons. The fourth-order valence-electron chi connectivity index (χ4n) is 1.09. The van der Waals surface area contributed by atoms with Gasteiger partial charge in [-0.1, -0.05) is 0 Å². The average molecular weight is 231 g/mol. The molecule has 5 nitrogen and oxygen atoms in total. The number of hydrogen-bond acceptors (Lipinski definition) is 3. The Morgan fingerprint density at radius 2 is 2.12 bits per heavy atom. The minimum atomic E-state index is -0.700. The lowest BCUT2D eigenvalue weighted by Crippen LogP contribution is -2.39. The number of methoxy groups -OCH3 is 1. The second-order valence-corrected chi connectivity index (χ2v) is 2.91. The number of rotatable bonds is 3. The third kappa shape index (κ3) is 2.80. The van der Waals surface area contributed by atoms with Crippen molar-refractivity contribution < 1.29 is 18.3 Å². The van der Waals surface area contributed by atoms with Crippen LogP contribution in [0.25, 0.3) is 0 Å². The van der Waals surface area contributed by atoms with Crippen molar-refractivity contribution in [3.63, 3.8) is 0 Å².